The lowest BCUT2D eigenvalue weighted by atomic mass is 10.1. The molecular formula is C15H29N3O2. The molecule has 1 aliphatic carbocycles. The van der Waals surface area contributed by atoms with Crippen molar-refractivity contribution in [1.82, 2.24) is 5.32 Å². The van der Waals surface area contributed by atoms with Gasteiger partial charge in [0.2, 0.25) is 0 Å². The standard InChI is InChI=1S/C15H29N3O2/c16-15(18-13-6-3-1-2-4-7-13)17-9-11-19-12-14-8-5-10-20-14/h13-14H,1-12H2,(H3,16,17,18). The topological polar surface area (TPSA) is 68.9 Å². The lowest BCUT2D eigenvalue weighted by molar-refractivity contribution is 0.0200. The van der Waals surface area contributed by atoms with Gasteiger partial charge in [0.05, 0.1) is 25.9 Å². The molecule has 0 aromatic rings. The Hall–Kier alpha value is -0.810. The largest absolute Gasteiger partial charge is 0.377 e. The molecule has 0 spiro atoms. The van der Waals surface area contributed by atoms with E-state index in [-0.39, 0.29) is 0 Å². The number of rotatable bonds is 6. The molecule has 1 unspecified atom stereocenters. The highest BCUT2D eigenvalue weighted by Crippen LogP contribution is 2.16. The van der Waals surface area contributed by atoms with E-state index >= 15 is 0 Å². The quantitative estimate of drug-likeness (QED) is 0.338. The molecule has 3 N–H and O–H groups in total. The van der Waals surface area contributed by atoms with Gasteiger partial charge >= 0.3 is 0 Å². The summed E-state index contributed by atoms with van der Waals surface area (Å²) in [6.07, 6.45) is 10.3. The highest BCUT2D eigenvalue weighted by molar-refractivity contribution is 5.78. The van der Waals surface area contributed by atoms with Crippen LogP contribution >= 0.6 is 0 Å². The molecule has 5 nitrogen and oxygen atoms in total. The third kappa shape index (κ3) is 6.09. The van der Waals surface area contributed by atoms with Crippen LogP contribution in [0.1, 0.15) is 51.4 Å². The fourth-order valence-corrected chi connectivity index (χ4v) is 2.90. The Morgan fingerprint density at radius 2 is 1.95 bits per heavy atom. The summed E-state index contributed by atoms with van der Waals surface area (Å²) in [5.41, 5.74) is 5.92. The number of nitrogens with zero attached hydrogens (tertiary/aromatic N) is 1. The van der Waals surface area contributed by atoms with Gasteiger partial charge in [-0.3, -0.25) is 4.99 Å². The van der Waals surface area contributed by atoms with Crippen molar-refractivity contribution in [2.45, 2.75) is 63.5 Å². The lowest BCUT2D eigenvalue weighted by Crippen LogP contribution is -2.40. The molecule has 5 heteroatoms. The zero-order chi connectivity index (χ0) is 14.0. The molecule has 0 bridgehead atoms. The van der Waals surface area contributed by atoms with Crippen molar-refractivity contribution in [1.29, 1.82) is 0 Å². The van der Waals surface area contributed by atoms with Crippen molar-refractivity contribution in [3.05, 3.63) is 0 Å². The summed E-state index contributed by atoms with van der Waals surface area (Å²) in [5.74, 6) is 0.567. The van der Waals surface area contributed by atoms with Crippen molar-refractivity contribution in [2.24, 2.45) is 10.7 Å². The fourth-order valence-electron chi connectivity index (χ4n) is 2.90. The molecule has 116 valence electrons. The monoisotopic (exact) mass is 283 g/mol. The fraction of sp³-hybridized carbons (Fsp3) is 0.933. The van der Waals surface area contributed by atoms with E-state index < -0.39 is 0 Å². The van der Waals surface area contributed by atoms with Gasteiger partial charge in [-0.15, -0.1) is 0 Å². The molecule has 1 heterocycles. The summed E-state index contributed by atoms with van der Waals surface area (Å²) in [6.45, 7) is 2.81. The van der Waals surface area contributed by atoms with Crippen LogP contribution in [0.5, 0.6) is 0 Å². The van der Waals surface area contributed by atoms with E-state index in [1.165, 1.54) is 38.5 Å². The average molecular weight is 283 g/mol. The maximum Gasteiger partial charge on any atom is 0.188 e. The summed E-state index contributed by atoms with van der Waals surface area (Å²) in [7, 11) is 0. The Bertz CT molecular complexity index is 283. The summed E-state index contributed by atoms with van der Waals surface area (Å²) >= 11 is 0. The summed E-state index contributed by atoms with van der Waals surface area (Å²) in [6, 6.07) is 0.508. The van der Waals surface area contributed by atoms with Gasteiger partial charge in [0, 0.05) is 12.6 Å². The van der Waals surface area contributed by atoms with Crippen LogP contribution in [0.15, 0.2) is 4.99 Å². The highest BCUT2D eigenvalue weighted by Gasteiger charge is 2.15. The van der Waals surface area contributed by atoms with E-state index in [1.807, 2.05) is 0 Å². The number of hydrogen-bond donors (Lipinski definition) is 2. The first-order chi connectivity index (χ1) is 9.84. The molecule has 1 saturated heterocycles. The lowest BCUT2D eigenvalue weighted by Gasteiger charge is -2.16. The number of nitrogens with two attached hydrogens (primary N) is 1. The molecule has 1 atom stereocenters. The van der Waals surface area contributed by atoms with E-state index in [2.05, 4.69) is 10.3 Å². The van der Waals surface area contributed by atoms with Crippen LogP contribution in [0.25, 0.3) is 0 Å². The number of guanidine groups is 1. The molecule has 2 aliphatic rings. The predicted octanol–water partition coefficient (Wildman–Crippen LogP) is 1.81. The predicted molar refractivity (Wildman–Crippen MR) is 80.9 cm³/mol. The first kappa shape index (κ1) is 15.6. The van der Waals surface area contributed by atoms with E-state index in [0.29, 0.717) is 37.9 Å². The molecule has 1 aliphatic heterocycles. The Labute approximate surface area is 122 Å². The first-order valence-electron chi connectivity index (χ1n) is 8.10. The molecule has 20 heavy (non-hydrogen) atoms. The van der Waals surface area contributed by atoms with E-state index in [1.54, 1.807) is 0 Å². The maximum absolute atomic E-state index is 5.92. The first-order valence-corrected chi connectivity index (χ1v) is 8.10. The SMILES string of the molecule is NC(=NCCOCC1CCCO1)NC1CCCCCC1. The van der Waals surface area contributed by atoms with Gasteiger partial charge in [0.25, 0.3) is 0 Å². The minimum Gasteiger partial charge on any atom is -0.377 e. The third-order valence-electron chi connectivity index (χ3n) is 4.05. The van der Waals surface area contributed by atoms with Gasteiger partial charge < -0.3 is 20.5 Å². The van der Waals surface area contributed by atoms with Crippen LogP contribution < -0.4 is 11.1 Å². The average Bonchev–Trinajstić information content (AvgIpc) is 2.83. The molecule has 0 amide bonds. The zero-order valence-electron chi connectivity index (χ0n) is 12.5. The van der Waals surface area contributed by atoms with Crippen molar-refractivity contribution in [3.8, 4) is 0 Å². The molecule has 2 fully saturated rings. The van der Waals surface area contributed by atoms with Crippen molar-refractivity contribution in [3.63, 3.8) is 0 Å². The number of ether oxygens (including phenoxy) is 2. The van der Waals surface area contributed by atoms with E-state index in [0.717, 1.165) is 19.4 Å². The minimum absolute atomic E-state index is 0.292. The second kappa shape index (κ2) is 9.19. The Balaban J connectivity index is 1.53. The summed E-state index contributed by atoms with van der Waals surface area (Å²) in [5, 5.41) is 3.34. The van der Waals surface area contributed by atoms with Gasteiger partial charge in [-0.05, 0) is 25.7 Å². The van der Waals surface area contributed by atoms with Crippen LogP contribution in [0.4, 0.5) is 0 Å². The van der Waals surface area contributed by atoms with Crippen LogP contribution in [0.2, 0.25) is 0 Å². The van der Waals surface area contributed by atoms with Gasteiger partial charge in [-0.2, -0.15) is 0 Å². The Morgan fingerprint density at radius 3 is 2.65 bits per heavy atom. The zero-order valence-corrected chi connectivity index (χ0v) is 12.5. The van der Waals surface area contributed by atoms with Crippen LogP contribution in [-0.4, -0.2) is 44.5 Å². The van der Waals surface area contributed by atoms with Gasteiger partial charge in [-0.1, -0.05) is 25.7 Å². The number of hydrogen-bond acceptors (Lipinski definition) is 3. The maximum atomic E-state index is 5.92. The highest BCUT2D eigenvalue weighted by atomic mass is 16.5. The van der Waals surface area contributed by atoms with Crippen molar-refractivity contribution >= 4 is 5.96 Å². The van der Waals surface area contributed by atoms with Crippen LogP contribution in [0, 0.1) is 0 Å². The van der Waals surface area contributed by atoms with Gasteiger partial charge in [0.15, 0.2) is 5.96 Å². The molecule has 0 aromatic carbocycles. The molecule has 0 aromatic heterocycles. The second-order valence-electron chi connectivity index (χ2n) is 5.81. The van der Waals surface area contributed by atoms with Gasteiger partial charge in [0.1, 0.15) is 0 Å². The van der Waals surface area contributed by atoms with Crippen LogP contribution in [-0.2, 0) is 9.47 Å². The number of nitrogens with one attached hydrogen (secondary N) is 1. The van der Waals surface area contributed by atoms with E-state index in [4.69, 9.17) is 15.2 Å². The van der Waals surface area contributed by atoms with Crippen LogP contribution in [0.3, 0.4) is 0 Å². The molecular weight excluding hydrogens is 254 g/mol. The minimum atomic E-state index is 0.292. The van der Waals surface area contributed by atoms with Gasteiger partial charge in [-0.25, -0.2) is 0 Å². The summed E-state index contributed by atoms with van der Waals surface area (Å²) in [4.78, 5) is 4.33. The molecule has 0 radical (unpaired) electrons. The van der Waals surface area contributed by atoms with Crippen molar-refractivity contribution in [2.75, 3.05) is 26.4 Å². The smallest absolute Gasteiger partial charge is 0.188 e. The second-order valence-corrected chi connectivity index (χ2v) is 5.81. The number of aliphatic imine (C=N–C) groups is 1. The Kier molecular flexibility index (Phi) is 7.15. The van der Waals surface area contributed by atoms with Crippen molar-refractivity contribution < 1.29 is 9.47 Å². The normalized spacial score (nSPS) is 25.6. The summed E-state index contributed by atoms with van der Waals surface area (Å²) < 4.78 is 11.1. The van der Waals surface area contributed by atoms with E-state index in [9.17, 15) is 0 Å². The third-order valence-corrected chi connectivity index (χ3v) is 4.05. The Morgan fingerprint density at radius 1 is 1.15 bits per heavy atom. The molecule has 1 saturated carbocycles. The molecule has 2 rings (SSSR count).